The Morgan fingerprint density at radius 1 is 1.12 bits per heavy atom. The van der Waals surface area contributed by atoms with E-state index < -0.39 is 0 Å². The molecule has 1 aromatic heterocycles. The lowest BCUT2D eigenvalue weighted by atomic mass is 10.0. The first-order valence-corrected chi connectivity index (χ1v) is 11.8. The normalized spacial score (nSPS) is 15.1. The molecule has 32 heavy (non-hydrogen) atoms. The van der Waals surface area contributed by atoms with E-state index >= 15 is 0 Å². The number of pyridine rings is 1. The standard InChI is InChI=1S/C25H28N2O4S/c1-5-15(6-2)27-13-19(17-11-21(30-3)22(31-4)12-18(17)25(27)29)24(28)26-20-14-32-23-10-8-7-9-16(20)23/h7-13,15,20H,5-6,14H2,1-4H3,(H,26,28). The Bertz CT molecular complexity index is 1220. The minimum absolute atomic E-state index is 0.00862. The van der Waals surface area contributed by atoms with Gasteiger partial charge in [0.1, 0.15) is 0 Å². The summed E-state index contributed by atoms with van der Waals surface area (Å²) in [5.41, 5.74) is 1.46. The van der Waals surface area contributed by atoms with Gasteiger partial charge in [-0.25, -0.2) is 0 Å². The Hall–Kier alpha value is -2.93. The van der Waals surface area contributed by atoms with Crippen LogP contribution in [0.5, 0.6) is 11.5 Å². The van der Waals surface area contributed by atoms with Crippen molar-refractivity contribution in [3.63, 3.8) is 0 Å². The first-order valence-electron chi connectivity index (χ1n) is 10.9. The van der Waals surface area contributed by atoms with Gasteiger partial charge >= 0.3 is 0 Å². The smallest absolute Gasteiger partial charge is 0.258 e. The van der Waals surface area contributed by atoms with Crippen molar-refractivity contribution in [2.75, 3.05) is 20.0 Å². The van der Waals surface area contributed by atoms with Crippen LogP contribution in [0.25, 0.3) is 10.8 Å². The van der Waals surface area contributed by atoms with Crippen LogP contribution in [0.2, 0.25) is 0 Å². The zero-order chi connectivity index (χ0) is 22.8. The Kier molecular flexibility index (Phi) is 6.46. The molecule has 1 N–H and O–H groups in total. The topological polar surface area (TPSA) is 69.6 Å². The predicted octanol–water partition coefficient (Wildman–Crippen LogP) is 4.96. The zero-order valence-corrected chi connectivity index (χ0v) is 19.6. The van der Waals surface area contributed by atoms with Gasteiger partial charge in [0, 0.05) is 28.3 Å². The van der Waals surface area contributed by atoms with Crippen molar-refractivity contribution in [3.8, 4) is 11.5 Å². The van der Waals surface area contributed by atoms with Gasteiger partial charge in [-0.15, -0.1) is 11.8 Å². The third-order valence-electron chi connectivity index (χ3n) is 6.13. The fourth-order valence-electron chi connectivity index (χ4n) is 4.34. The number of hydrogen-bond acceptors (Lipinski definition) is 5. The molecule has 0 saturated carbocycles. The molecule has 2 heterocycles. The summed E-state index contributed by atoms with van der Waals surface area (Å²) >= 11 is 1.74. The Balaban J connectivity index is 1.85. The molecule has 168 valence electrons. The van der Waals surface area contributed by atoms with Gasteiger partial charge in [0.05, 0.1) is 31.2 Å². The van der Waals surface area contributed by atoms with Crippen molar-refractivity contribution >= 4 is 28.4 Å². The SMILES string of the molecule is CCC(CC)n1cc(C(=O)NC2CSc3ccccc32)c2cc(OC)c(OC)cc2c1=O. The average Bonchev–Trinajstić information content (AvgIpc) is 3.23. The molecular formula is C25H28N2O4S. The number of amides is 1. The summed E-state index contributed by atoms with van der Waals surface area (Å²) in [7, 11) is 3.08. The van der Waals surface area contributed by atoms with Crippen LogP contribution >= 0.6 is 11.8 Å². The summed E-state index contributed by atoms with van der Waals surface area (Å²) in [6.07, 6.45) is 3.30. The van der Waals surface area contributed by atoms with E-state index in [9.17, 15) is 9.59 Å². The maximum absolute atomic E-state index is 13.5. The molecule has 4 rings (SSSR count). The highest BCUT2D eigenvalue weighted by Gasteiger charge is 2.27. The summed E-state index contributed by atoms with van der Waals surface area (Å²) in [5.74, 6) is 1.53. The molecule has 1 atom stereocenters. The van der Waals surface area contributed by atoms with Gasteiger partial charge in [-0.1, -0.05) is 32.0 Å². The van der Waals surface area contributed by atoms with Crippen molar-refractivity contribution in [3.05, 3.63) is 64.1 Å². The second-order valence-electron chi connectivity index (χ2n) is 7.85. The van der Waals surface area contributed by atoms with Crippen molar-refractivity contribution in [1.82, 2.24) is 9.88 Å². The summed E-state index contributed by atoms with van der Waals surface area (Å²) in [6.45, 7) is 4.09. The lowest BCUT2D eigenvalue weighted by Crippen LogP contribution is -2.32. The van der Waals surface area contributed by atoms with Gasteiger partial charge < -0.3 is 19.4 Å². The summed E-state index contributed by atoms with van der Waals surface area (Å²) in [4.78, 5) is 28.1. The fraction of sp³-hybridized carbons (Fsp3) is 0.360. The lowest BCUT2D eigenvalue weighted by Gasteiger charge is -2.21. The second-order valence-corrected chi connectivity index (χ2v) is 8.92. The van der Waals surface area contributed by atoms with E-state index in [1.165, 1.54) is 12.0 Å². The number of nitrogens with one attached hydrogen (secondary N) is 1. The average molecular weight is 453 g/mol. The highest BCUT2D eigenvalue weighted by atomic mass is 32.2. The molecule has 1 aliphatic rings. The van der Waals surface area contributed by atoms with Gasteiger partial charge in [0.2, 0.25) is 0 Å². The van der Waals surface area contributed by atoms with Crippen LogP contribution < -0.4 is 20.3 Å². The van der Waals surface area contributed by atoms with Gasteiger partial charge in [0.25, 0.3) is 11.5 Å². The number of ether oxygens (including phenoxy) is 2. The van der Waals surface area contributed by atoms with Gasteiger partial charge in [0.15, 0.2) is 11.5 Å². The molecule has 0 fully saturated rings. The molecule has 3 aromatic rings. The van der Waals surface area contributed by atoms with E-state index in [1.54, 1.807) is 41.8 Å². The minimum Gasteiger partial charge on any atom is -0.493 e. The van der Waals surface area contributed by atoms with E-state index in [1.807, 2.05) is 26.0 Å². The van der Waals surface area contributed by atoms with E-state index in [4.69, 9.17) is 9.47 Å². The number of hydrogen-bond donors (Lipinski definition) is 1. The van der Waals surface area contributed by atoms with E-state index in [2.05, 4.69) is 17.4 Å². The molecule has 0 saturated heterocycles. The number of carbonyl (C=O) groups is 1. The van der Waals surface area contributed by atoms with Crippen LogP contribution in [0.4, 0.5) is 0 Å². The van der Waals surface area contributed by atoms with Crippen LogP contribution in [0.3, 0.4) is 0 Å². The zero-order valence-electron chi connectivity index (χ0n) is 18.8. The molecule has 7 heteroatoms. The third kappa shape index (κ3) is 3.86. The van der Waals surface area contributed by atoms with Crippen LogP contribution in [0.1, 0.15) is 54.7 Å². The molecule has 0 radical (unpaired) electrons. The van der Waals surface area contributed by atoms with Crippen LogP contribution in [0.15, 0.2) is 52.3 Å². The predicted molar refractivity (Wildman–Crippen MR) is 128 cm³/mol. The molecule has 1 unspecified atom stereocenters. The highest BCUT2D eigenvalue weighted by molar-refractivity contribution is 7.99. The van der Waals surface area contributed by atoms with E-state index in [0.717, 1.165) is 24.2 Å². The summed E-state index contributed by atoms with van der Waals surface area (Å²) < 4.78 is 12.6. The van der Waals surface area contributed by atoms with E-state index in [-0.39, 0.29) is 23.6 Å². The van der Waals surface area contributed by atoms with Crippen LogP contribution in [-0.4, -0.2) is 30.4 Å². The van der Waals surface area contributed by atoms with Crippen molar-refractivity contribution in [1.29, 1.82) is 0 Å². The Morgan fingerprint density at radius 3 is 2.44 bits per heavy atom. The van der Waals surface area contributed by atoms with E-state index in [0.29, 0.717) is 27.8 Å². The number of nitrogens with zero attached hydrogens (tertiary/aromatic N) is 1. The molecule has 0 aliphatic carbocycles. The van der Waals surface area contributed by atoms with Crippen molar-refractivity contribution < 1.29 is 14.3 Å². The second kappa shape index (κ2) is 9.28. The van der Waals surface area contributed by atoms with Gasteiger partial charge in [-0.05, 0) is 36.6 Å². The summed E-state index contributed by atoms with van der Waals surface area (Å²) in [6, 6.07) is 11.5. The number of benzene rings is 2. The third-order valence-corrected chi connectivity index (χ3v) is 7.32. The molecule has 1 aliphatic heterocycles. The fourth-order valence-corrected chi connectivity index (χ4v) is 5.50. The molecule has 0 spiro atoms. The minimum atomic E-state index is -0.204. The van der Waals surface area contributed by atoms with Crippen LogP contribution in [-0.2, 0) is 0 Å². The number of rotatable bonds is 7. The van der Waals surface area contributed by atoms with Crippen LogP contribution in [0, 0.1) is 0 Å². The summed E-state index contributed by atoms with van der Waals surface area (Å²) in [5, 5.41) is 4.19. The molecule has 6 nitrogen and oxygen atoms in total. The molecule has 2 aromatic carbocycles. The maximum Gasteiger partial charge on any atom is 0.258 e. The van der Waals surface area contributed by atoms with Gasteiger partial charge in [-0.2, -0.15) is 0 Å². The molecule has 1 amide bonds. The maximum atomic E-state index is 13.5. The lowest BCUT2D eigenvalue weighted by molar-refractivity contribution is 0.0941. The number of thioether (sulfide) groups is 1. The van der Waals surface area contributed by atoms with Gasteiger partial charge in [-0.3, -0.25) is 9.59 Å². The number of aromatic nitrogens is 1. The quantitative estimate of drug-likeness (QED) is 0.549. The first kappa shape index (κ1) is 22.3. The van der Waals surface area contributed by atoms with Crippen molar-refractivity contribution in [2.45, 2.75) is 43.7 Å². The first-order chi connectivity index (χ1) is 15.5. The molecule has 0 bridgehead atoms. The number of methoxy groups -OCH3 is 2. The largest absolute Gasteiger partial charge is 0.493 e. The monoisotopic (exact) mass is 452 g/mol. The van der Waals surface area contributed by atoms with Crippen molar-refractivity contribution in [2.24, 2.45) is 0 Å². The Morgan fingerprint density at radius 2 is 1.78 bits per heavy atom. The number of fused-ring (bicyclic) bond motifs is 2. The Labute approximate surface area is 191 Å². The highest BCUT2D eigenvalue weighted by Crippen LogP contribution is 2.38. The molecular weight excluding hydrogens is 424 g/mol. The number of carbonyl (C=O) groups excluding carboxylic acids is 1.